The van der Waals surface area contributed by atoms with Crippen molar-refractivity contribution in [2.24, 2.45) is 0 Å². The van der Waals surface area contributed by atoms with Crippen molar-refractivity contribution < 1.29 is 29.3 Å². The number of phenols is 2. The highest BCUT2D eigenvalue weighted by atomic mass is 16.6. The number of allylic oxidation sites excluding steroid dienone is 8. The lowest BCUT2D eigenvalue weighted by molar-refractivity contribution is -0.157. The third kappa shape index (κ3) is 14.6. The largest absolute Gasteiger partial charge is 0.505 e. The van der Waals surface area contributed by atoms with Crippen LogP contribution < -0.4 is 11.5 Å². The smallest absolute Gasteiger partial charge is 0.306 e. The summed E-state index contributed by atoms with van der Waals surface area (Å²) in [6, 6.07) is 7.14. The number of rotatable bonds is 11. The maximum absolute atomic E-state index is 13.0. The number of hydrogen-bond acceptors (Lipinski definition) is 12. The standard InChI is InChI=1S/C32H48N2O6.2C6H6N2/c1-19(40-27(36)13-11-21-15-23(31(5,6)7)29(38)25(34)17-21)18-39-32(8,9)26(35)12-10-20-14-22(30(2,3)4)28(37)24(33)16-20;2*7-5-3-1-2-4-6(5)8/h14-17,19,37-38H,10-13,18,33-34H2,1-9H3;2*1-4,7-8H. The summed E-state index contributed by atoms with van der Waals surface area (Å²) in [5, 5.41) is 48.8. The van der Waals surface area contributed by atoms with E-state index in [1.54, 1.807) is 81.5 Å². The fourth-order valence-electron chi connectivity index (χ4n) is 5.37. The Balaban J connectivity index is 0.000000550. The third-order valence-electron chi connectivity index (χ3n) is 8.81. The molecule has 12 nitrogen and oxygen atoms in total. The number of carbonyl (C=O) groups excluding carboxylic acids is 2. The fourth-order valence-corrected chi connectivity index (χ4v) is 5.37. The van der Waals surface area contributed by atoms with Crippen LogP contribution in [0.2, 0.25) is 0 Å². The van der Waals surface area contributed by atoms with Crippen molar-refractivity contribution >= 4 is 46.0 Å². The van der Waals surface area contributed by atoms with Crippen molar-refractivity contribution in [2.75, 3.05) is 18.1 Å². The molecule has 1 atom stereocenters. The number of aryl methyl sites for hydroxylation is 2. The Hall–Kier alpha value is -5.62. The lowest BCUT2D eigenvalue weighted by Crippen LogP contribution is -2.38. The van der Waals surface area contributed by atoms with E-state index >= 15 is 0 Å². The average Bonchev–Trinajstić information content (AvgIpc) is 3.10. The number of carbonyl (C=O) groups is 2. The van der Waals surface area contributed by atoms with Crippen molar-refractivity contribution in [3.05, 3.63) is 95.1 Å². The molecule has 1 unspecified atom stereocenters. The molecule has 0 aliphatic heterocycles. The molecule has 12 heteroatoms. The summed E-state index contributed by atoms with van der Waals surface area (Å²) >= 11 is 0. The minimum absolute atomic E-state index is 0.0728. The van der Waals surface area contributed by atoms with E-state index in [4.69, 9.17) is 42.6 Å². The molecule has 4 rings (SSSR count). The van der Waals surface area contributed by atoms with Gasteiger partial charge in [0.15, 0.2) is 5.78 Å². The van der Waals surface area contributed by atoms with Gasteiger partial charge in [-0.25, -0.2) is 0 Å². The number of aromatic hydroxyl groups is 2. The van der Waals surface area contributed by atoms with E-state index in [0.29, 0.717) is 18.5 Å². The minimum Gasteiger partial charge on any atom is -0.505 e. The number of hydrogen-bond donors (Lipinski definition) is 8. The number of phenolic OH excluding ortho intramolecular Hbond substituents is 2. The van der Waals surface area contributed by atoms with Crippen LogP contribution in [0.25, 0.3) is 0 Å². The minimum atomic E-state index is -1.07. The summed E-state index contributed by atoms with van der Waals surface area (Å²) in [5.74, 6) is -0.321. The van der Waals surface area contributed by atoms with Crippen molar-refractivity contribution in [1.82, 2.24) is 0 Å². The van der Waals surface area contributed by atoms with Crippen molar-refractivity contribution in [3.63, 3.8) is 0 Å². The Labute approximate surface area is 331 Å². The summed E-state index contributed by atoms with van der Waals surface area (Å²) in [5.41, 5.74) is 15.2. The lowest BCUT2D eigenvalue weighted by atomic mass is 9.84. The number of anilines is 2. The maximum Gasteiger partial charge on any atom is 0.306 e. The molecule has 302 valence electrons. The summed E-state index contributed by atoms with van der Waals surface area (Å²) in [6.07, 6.45) is 14.1. The number of nitrogens with one attached hydrogen (secondary N) is 4. The van der Waals surface area contributed by atoms with Gasteiger partial charge in [0.05, 0.1) is 40.8 Å². The first-order valence-electron chi connectivity index (χ1n) is 18.5. The second-order valence-electron chi connectivity index (χ2n) is 16.3. The van der Waals surface area contributed by atoms with E-state index < -0.39 is 11.7 Å². The summed E-state index contributed by atoms with van der Waals surface area (Å²) < 4.78 is 11.4. The second kappa shape index (κ2) is 19.8. The van der Waals surface area contributed by atoms with Crippen LogP contribution in [0.4, 0.5) is 11.4 Å². The number of nitrogen functional groups attached to an aromatic ring is 2. The van der Waals surface area contributed by atoms with Gasteiger partial charge in [-0.15, -0.1) is 0 Å². The third-order valence-corrected chi connectivity index (χ3v) is 8.81. The molecule has 0 bridgehead atoms. The molecule has 56 heavy (non-hydrogen) atoms. The van der Waals surface area contributed by atoms with Crippen LogP contribution in [0.3, 0.4) is 0 Å². The fraction of sp³-hybridized carbons (Fsp3) is 0.409. The predicted octanol–water partition coefficient (Wildman–Crippen LogP) is 8.02. The first kappa shape index (κ1) is 46.5. The molecule has 2 aromatic carbocycles. The lowest BCUT2D eigenvalue weighted by Gasteiger charge is -2.26. The number of Topliss-reactive ketones (excluding diaryl/α,β-unsaturated/α-hetero) is 1. The predicted molar refractivity (Wildman–Crippen MR) is 227 cm³/mol. The van der Waals surface area contributed by atoms with Crippen molar-refractivity contribution in [2.45, 2.75) is 111 Å². The zero-order chi connectivity index (χ0) is 42.6. The Kier molecular flexibility index (Phi) is 16.5. The zero-order valence-electron chi connectivity index (χ0n) is 34.2. The molecule has 0 saturated heterocycles. The van der Waals surface area contributed by atoms with Crippen molar-refractivity contribution in [1.29, 1.82) is 21.6 Å². The second-order valence-corrected chi connectivity index (χ2v) is 16.3. The van der Waals surface area contributed by atoms with Crippen LogP contribution in [0, 0.1) is 21.6 Å². The average molecular weight is 769 g/mol. The summed E-state index contributed by atoms with van der Waals surface area (Å²) in [4.78, 5) is 25.4. The van der Waals surface area contributed by atoms with Gasteiger partial charge in [-0.1, -0.05) is 78.0 Å². The quantitative estimate of drug-likeness (QED) is 0.0480. The van der Waals surface area contributed by atoms with Gasteiger partial charge in [0.25, 0.3) is 0 Å². The van der Waals surface area contributed by atoms with Gasteiger partial charge in [0.1, 0.15) is 23.2 Å². The van der Waals surface area contributed by atoms with E-state index in [0.717, 1.165) is 22.3 Å². The molecule has 0 heterocycles. The monoisotopic (exact) mass is 768 g/mol. The van der Waals surface area contributed by atoms with Gasteiger partial charge in [0.2, 0.25) is 0 Å². The molecule has 2 aliphatic rings. The Morgan fingerprint density at radius 3 is 1.34 bits per heavy atom. The Bertz CT molecular complexity index is 1850. The molecule has 0 aromatic heterocycles. The number of ether oxygens (including phenoxy) is 2. The number of benzene rings is 2. The molecule has 2 aliphatic carbocycles. The van der Waals surface area contributed by atoms with Gasteiger partial charge in [0, 0.05) is 24.0 Å². The normalized spacial score (nSPS) is 14.4. The van der Waals surface area contributed by atoms with Gasteiger partial charge >= 0.3 is 5.97 Å². The van der Waals surface area contributed by atoms with Gasteiger partial charge in [-0.2, -0.15) is 0 Å². The van der Waals surface area contributed by atoms with Gasteiger partial charge < -0.3 is 31.2 Å². The molecule has 0 saturated carbocycles. The number of nitrogens with two attached hydrogens (primary N) is 2. The van der Waals surface area contributed by atoms with E-state index in [-0.39, 0.29) is 82.1 Å². The molecular weight excluding hydrogens is 709 g/mol. The van der Waals surface area contributed by atoms with Crippen LogP contribution in [-0.4, -0.2) is 63.1 Å². The highest BCUT2D eigenvalue weighted by molar-refractivity contribution is 6.49. The first-order valence-corrected chi connectivity index (χ1v) is 18.5. The number of ketones is 1. The highest BCUT2D eigenvalue weighted by Crippen LogP contribution is 2.37. The van der Waals surface area contributed by atoms with Crippen LogP contribution >= 0.6 is 0 Å². The molecule has 0 radical (unpaired) electrons. The number of esters is 1. The Morgan fingerprint density at radius 2 is 1.00 bits per heavy atom. The molecule has 10 N–H and O–H groups in total. The van der Waals surface area contributed by atoms with Gasteiger partial charge in [-0.05, 0) is 92.0 Å². The highest BCUT2D eigenvalue weighted by Gasteiger charge is 2.30. The van der Waals surface area contributed by atoms with Crippen molar-refractivity contribution in [3.8, 4) is 11.5 Å². The molecule has 0 fully saturated rings. The van der Waals surface area contributed by atoms with E-state index in [1.165, 1.54) is 0 Å². The first-order chi connectivity index (χ1) is 25.8. The van der Waals surface area contributed by atoms with Crippen LogP contribution in [0.15, 0.2) is 72.9 Å². The topological polar surface area (TPSA) is 240 Å². The van der Waals surface area contributed by atoms with Crippen LogP contribution in [0.1, 0.15) is 97.4 Å². The SMILES string of the molecule is CC(COC(C)(C)C(=O)CCc1cc(N)c(O)c(C(C)(C)C)c1)OC(=O)CCc1cc(N)c(O)c(C(C)(C)C)c1.N=C1C=CC=CC1=N.N=C1C=CC=CC1=N. The molecule has 2 aromatic rings. The molecule has 0 spiro atoms. The molecular formula is C44H60N6O6. The van der Waals surface area contributed by atoms with Crippen LogP contribution in [-0.2, 0) is 42.7 Å². The van der Waals surface area contributed by atoms with E-state index in [2.05, 4.69) is 0 Å². The molecule has 0 amide bonds. The summed E-state index contributed by atoms with van der Waals surface area (Å²) in [7, 11) is 0. The Morgan fingerprint density at radius 1 is 0.643 bits per heavy atom. The van der Waals surface area contributed by atoms with E-state index in [1.807, 2.05) is 53.7 Å². The zero-order valence-corrected chi connectivity index (χ0v) is 34.2. The van der Waals surface area contributed by atoms with Crippen LogP contribution in [0.5, 0.6) is 11.5 Å². The summed E-state index contributed by atoms with van der Waals surface area (Å²) in [6.45, 7) is 17.1. The maximum atomic E-state index is 13.0. The van der Waals surface area contributed by atoms with E-state index in [9.17, 15) is 19.8 Å². The van der Waals surface area contributed by atoms with Gasteiger partial charge in [-0.3, -0.25) is 31.2 Å².